The second-order valence-corrected chi connectivity index (χ2v) is 5.07. The third kappa shape index (κ3) is 2.11. The zero-order valence-electron chi connectivity index (χ0n) is 10.2. The molecule has 0 radical (unpaired) electrons. The Labute approximate surface area is 99.9 Å². The van der Waals surface area contributed by atoms with Crippen molar-refractivity contribution in [2.75, 3.05) is 26.8 Å². The van der Waals surface area contributed by atoms with Gasteiger partial charge in [0.1, 0.15) is 6.54 Å². The molecular formula is C11H17N3O3. The molecule has 94 valence electrons. The topological polar surface area (TPSA) is 69.7 Å². The number of piperidine rings is 1. The van der Waals surface area contributed by atoms with E-state index in [2.05, 4.69) is 5.32 Å². The Morgan fingerprint density at radius 2 is 2.12 bits per heavy atom. The van der Waals surface area contributed by atoms with Gasteiger partial charge in [-0.05, 0) is 13.3 Å². The first-order chi connectivity index (χ1) is 7.92. The maximum Gasteiger partial charge on any atom is 0.243 e. The lowest BCUT2D eigenvalue weighted by atomic mass is 9.81. The summed E-state index contributed by atoms with van der Waals surface area (Å²) in [6.07, 6.45) is 0.923. The summed E-state index contributed by atoms with van der Waals surface area (Å²) < 4.78 is 0. The Morgan fingerprint density at radius 3 is 2.59 bits per heavy atom. The van der Waals surface area contributed by atoms with Crippen LogP contribution in [0.3, 0.4) is 0 Å². The van der Waals surface area contributed by atoms with Crippen LogP contribution in [-0.2, 0) is 14.4 Å². The van der Waals surface area contributed by atoms with Crippen molar-refractivity contribution >= 4 is 17.7 Å². The molecule has 17 heavy (non-hydrogen) atoms. The maximum absolute atomic E-state index is 12.3. The first kappa shape index (κ1) is 11.9. The fourth-order valence-corrected chi connectivity index (χ4v) is 2.23. The normalized spacial score (nSPS) is 29.5. The highest BCUT2D eigenvalue weighted by molar-refractivity contribution is 5.91. The number of hydrogen-bond acceptors (Lipinski definition) is 3. The second-order valence-electron chi connectivity index (χ2n) is 5.07. The van der Waals surface area contributed by atoms with Crippen LogP contribution in [0.15, 0.2) is 0 Å². The molecule has 0 saturated carbocycles. The number of carbonyl (C=O) groups excluding carboxylic acids is 3. The van der Waals surface area contributed by atoms with E-state index in [9.17, 15) is 14.4 Å². The molecule has 1 unspecified atom stereocenters. The lowest BCUT2D eigenvalue weighted by molar-refractivity contribution is -0.143. The molecule has 3 amide bonds. The zero-order valence-corrected chi connectivity index (χ0v) is 10.2. The standard InChI is InChI=1S/C11H17N3O3/c1-11(4-3-8(15)12-6-11)10(17)14-5-9(16)13(2)7-14/h3-7H2,1-2H3,(H,12,15). The Hall–Kier alpha value is -1.59. The minimum atomic E-state index is -0.570. The van der Waals surface area contributed by atoms with Gasteiger partial charge in [-0.3, -0.25) is 14.4 Å². The lowest BCUT2D eigenvalue weighted by Gasteiger charge is -2.35. The minimum Gasteiger partial charge on any atom is -0.355 e. The first-order valence-electron chi connectivity index (χ1n) is 5.72. The molecule has 2 rings (SSSR count). The molecule has 1 atom stereocenters. The van der Waals surface area contributed by atoms with Crippen molar-refractivity contribution < 1.29 is 14.4 Å². The predicted molar refractivity (Wildman–Crippen MR) is 59.7 cm³/mol. The van der Waals surface area contributed by atoms with Crippen LogP contribution in [-0.4, -0.2) is 54.3 Å². The number of carbonyl (C=O) groups is 3. The zero-order chi connectivity index (χ0) is 12.6. The summed E-state index contributed by atoms with van der Waals surface area (Å²) in [7, 11) is 1.68. The van der Waals surface area contributed by atoms with Gasteiger partial charge in [0.05, 0.1) is 12.1 Å². The van der Waals surface area contributed by atoms with Gasteiger partial charge in [0.15, 0.2) is 0 Å². The molecule has 2 heterocycles. The lowest BCUT2D eigenvalue weighted by Crippen LogP contribution is -2.51. The first-order valence-corrected chi connectivity index (χ1v) is 5.72. The van der Waals surface area contributed by atoms with Gasteiger partial charge in [-0.15, -0.1) is 0 Å². The number of nitrogens with one attached hydrogen (secondary N) is 1. The fourth-order valence-electron chi connectivity index (χ4n) is 2.23. The van der Waals surface area contributed by atoms with Gasteiger partial charge in [-0.2, -0.15) is 0 Å². The monoisotopic (exact) mass is 239 g/mol. The van der Waals surface area contributed by atoms with E-state index in [0.717, 1.165) is 0 Å². The number of nitrogens with zero attached hydrogens (tertiary/aromatic N) is 2. The second kappa shape index (κ2) is 4.01. The van der Waals surface area contributed by atoms with Crippen LogP contribution in [0.25, 0.3) is 0 Å². The molecule has 0 spiro atoms. The molecule has 2 fully saturated rings. The molecule has 2 saturated heterocycles. The molecule has 0 aromatic heterocycles. The number of likely N-dealkylation sites (N-methyl/N-ethyl adjacent to an activating group) is 1. The predicted octanol–water partition coefficient (Wildman–Crippen LogP) is -0.839. The van der Waals surface area contributed by atoms with Gasteiger partial charge in [-0.1, -0.05) is 0 Å². The third-order valence-corrected chi connectivity index (χ3v) is 3.52. The largest absolute Gasteiger partial charge is 0.355 e. The van der Waals surface area contributed by atoms with Gasteiger partial charge in [0, 0.05) is 20.0 Å². The highest BCUT2D eigenvalue weighted by Crippen LogP contribution is 2.29. The molecule has 2 aliphatic heterocycles. The van der Waals surface area contributed by atoms with Crippen molar-refractivity contribution in [3.8, 4) is 0 Å². The smallest absolute Gasteiger partial charge is 0.243 e. The van der Waals surface area contributed by atoms with Crippen molar-refractivity contribution in [2.24, 2.45) is 5.41 Å². The van der Waals surface area contributed by atoms with E-state index in [1.54, 1.807) is 11.9 Å². The highest BCUT2D eigenvalue weighted by atomic mass is 16.2. The van der Waals surface area contributed by atoms with E-state index in [-0.39, 0.29) is 24.3 Å². The van der Waals surface area contributed by atoms with Crippen molar-refractivity contribution in [1.82, 2.24) is 15.1 Å². The van der Waals surface area contributed by atoms with Crippen LogP contribution >= 0.6 is 0 Å². The summed E-state index contributed by atoms with van der Waals surface area (Å²) in [5, 5.41) is 2.71. The maximum atomic E-state index is 12.3. The number of amides is 3. The Balaban J connectivity index is 2.05. The van der Waals surface area contributed by atoms with E-state index in [0.29, 0.717) is 26.1 Å². The van der Waals surface area contributed by atoms with E-state index in [1.807, 2.05) is 6.92 Å². The summed E-state index contributed by atoms with van der Waals surface area (Å²) in [4.78, 5) is 37.9. The van der Waals surface area contributed by atoms with Crippen LogP contribution < -0.4 is 5.32 Å². The van der Waals surface area contributed by atoms with Crippen molar-refractivity contribution in [1.29, 1.82) is 0 Å². The van der Waals surface area contributed by atoms with Gasteiger partial charge < -0.3 is 15.1 Å². The number of hydrogen-bond donors (Lipinski definition) is 1. The molecule has 6 heteroatoms. The van der Waals surface area contributed by atoms with Crippen LogP contribution in [0, 0.1) is 5.41 Å². The van der Waals surface area contributed by atoms with Gasteiger partial charge in [0.2, 0.25) is 17.7 Å². The summed E-state index contributed by atoms with van der Waals surface area (Å²) in [5.41, 5.74) is -0.570. The van der Waals surface area contributed by atoms with E-state index < -0.39 is 5.41 Å². The van der Waals surface area contributed by atoms with E-state index >= 15 is 0 Å². The van der Waals surface area contributed by atoms with Gasteiger partial charge in [-0.25, -0.2) is 0 Å². The summed E-state index contributed by atoms with van der Waals surface area (Å²) >= 11 is 0. The van der Waals surface area contributed by atoms with E-state index in [1.165, 1.54) is 4.90 Å². The molecule has 0 aromatic rings. The Morgan fingerprint density at radius 1 is 1.41 bits per heavy atom. The van der Waals surface area contributed by atoms with E-state index in [4.69, 9.17) is 0 Å². The molecule has 0 aromatic carbocycles. The van der Waals surface area contributed by atoms with Crippen molar-refractivity contribution in [2.45, 2.75) is 19.8 Å². The summed E-state index contributed by atoms with van der Waals surface area (Å²) in [6.45, 7) is 2.71. The molecule has 0 bridgehead atoms. The fraction of sp³-hybridized carbons (Fsp3) is 0.727. The summed E-state index contributed by atoms with van der Waals surface area (Å²) in [5.74, 6) is -0.0955. The van der Waals surface area contributed by atoms with Crippen LogP contribution in [0.2, 0.25) is 0 Å². The molecule has 6 nitrogen and oxygen atoms in total. The highest BCUT2D eigenvalue weighted by Gasteiger charge is 2.42. The van der Waals surface area contributed by atoms with Crippen LogP contribution in [0.5, 0.6) is 0 Å². The van der Waals surface area contributed by atoms with Crippen LogP contribution in [0.1, 0.15) is 19.8 Å². The van der Waals surface area contributed by atoms with Crippen molar-refractivity contribution in [3.63, 3.8) is 0 Å². The third-order valence-electron chi connectivity index (χ3n) is 3.52. The van der Waals surface area contributed by atoms with Crippen LogP contribution in [0.4, 0.5) is 0 Å². The SMILES string of the molecule is CN1CN(C(=O)C2(C)CCC(=O)NC2)CC1=O. The minimum absolute atomic E-state index is 0.00936. The molecule has 0 aliphatic carbocycles. The molecule has 1 N–H and O–H groups in total. The van der Waals surface area contributed by atoms with Gasteiger partial charge >= 0.3 is 0 Å². The number of rotatable bonds is 1. The molecular weight excluding hydrogens is 222 g/mol. The van der Waals surface area contributed by atoms with Gasteiger partial charge in [0.25, 0.3) is 0 Å². The Kier molecular flexibility index (Phi) is 2.81. The average molecular weight is 239 g/mol. The quantitative estimate of drug-likeness (QED) is 0.648. The summed E-state index contributed by atoms with van der Waals surface area (Å²) in [6, 6.07) is 0. The van der Waals surface area contributed by atoms with Crippen molar-refractivity contribution in [3.05, 3.63) is 0 Å². The average Bonchev–Trinajstić information content (AvgIpc) is 2.63. The molecule has 2 aliphatic rings. The Bertz CT molecular complexity index is 370.